The van der Waals surface area contributed by atoms with Gasteiger partial charge in [-0.25, -0.2) is 4.98 Å². The maximum atomic E-state index is 10.9. The second-order valence-electron chi connectivity index (χ2n) is 5.61. The van der Waals surface area contributed by atoms with E-state index in [-0.39, 0.29) is 5.69 Å². The minimum atomic E-state index is -0.724. The van der Waals surface area contributed by atoms with E-state index in [0.717, 1.165) is 38.5 Å². The van der Waals surface area contributed by atoms with Crippen molar-refractivity contribution >= 4 is 11.5 Å². The van der Waals surface area contributed by atoms with E-state index in [1.807, 2.05) is 0 Å². The number of pyridine rings is 1. The van der Waals surface area contributed by atoms with E-state index in [2.05, 4.69) is 10.3 Å². The lowest BCUT2D eigenvalue weighted by atomic mass is 9.94. The molecule has 1 aromatic heterocycles. The normalized spacial score (nSPS) is 18.3. The van der Waals surface area contributed by atoms with Crippen LogP contribution in [0.15, 0.2) is 12.3 Å². The molecule has 110 valence electrons. The number of aliphatic hydroxyl groups is 1. The Kier molecular flexibility index (Phi) is 4.54. The Morgan fingerprint density at radius 1 is 1.40 bits per heavy atom. The molecular formula is C14H21N3O3. The molecule has 0 aromatic carbocycles. The Hall–Kier alpha value is -1.69. The van der Waals surface area contributed by atoms with Gasteiger partial charge in [0.1, 0.15) is 5.82 Å². The van der Waals surface area contributed by atoms with Gasteiger partial charge in [0.15, 0.2) is 0 Å². The number of aryl methyl sites for hydroxylation is 1. The molecule has 6 heteroatoms. The van der Waals surface area contributed by atoms with Crippen LogP contribution in [0.25, 0.3) is 0 Å². The Bertz CT molecular complexity index is 483. The molecule has 2 rings (SSSR count). The first-order valence-corrected chi connectivity index (χ1v) is 7.07. The number of rotatable bonds is 4. The van der Waals surface area contributed by atoms with Crippen LogP contribution in [0.2, 0.25) is 0 Å². The van der Waals surface area contributed by atoms with Crippen LogP contribution < -0.4 is 5.32 Å². The van der Waals surface area contributed by atoms with Gasteiger partial charge >= 0.3 is 0 Å². The Labute approximate surface area is 118 Å². The highest BCUT2D eigenvalue weighted by molar-refractivity contribution is 5.49. The van der Waals surface area contributed by atoms with Gasteiger partial charge in [0.05, 0.1) is 16.6 Å². The second kappa shape index (κ2) is 6.17. The quantitative estimate of drug-likeness (QED) is 0.502. The van der Waals surface area contributed by atoms with Crippen molar-refractivity contribution in [3.05, 3.63) is 27.9 Å². The van der Waals surface area contributed by atoms with Crippen LogP contribution in [0.4, 0.5) is 11.5 Å². The van der Waals surface area contributed by atoms with Crippen molar-refractivity contribution in [1.82, 2.24) is 4.98 Å². The van der Waals surface area contributed by atoms with E-state index in [9.17, 15) is 15.2 Å². The number of hydrogen-bond acceptors (Lipinski definition) is 5. The molecule has 0 amide bonds. The highest BCUT2D eigenvalue weighted by atomic mass is 16.6. The van der Waals surface area contributed by atoms with E-state index >= 15 is 0 Å². The third kappa shape index (κ3) is 3.66. The maximum Gasteiger partial charge on any atom is 0.277 e. The number of anilines is 1. The van der Waals surface area contributed by atoms with Crippen LogP contribution in [0, 0.1) is 17.0 Å². The van der Waals surface area contributed by atoms with Gasteiger partial charge in [-0.15, -0.1) is 0 Å². The average Bonchev–Trinajstić information content (AvgIpc) is 2.63. The minimum Gasteiger partial charge on any atom is -0.388 e. The molecule has 0 saturated heterocycles. The Morgan fingerprint density at radius 3 is 2.65 bits per heavy atom. The van der Waals surface area contributed by atoms with Crippen molar-refractivity contribution in [2.45, 2.75) is 51.0 Å². The van der Waals surface area contributed by atoms with E-state index < -0.39 is 10.5 Å². The summed E-state index contributed by atoms with van der Waals surface area (Å²) in [6.45, 7) is 2.05. The SMILES string of the molecule is Cc1cnc(NCC2(O)CCCCCC2)cc1[N+](=O)[O-]. The number of hydrogen-bond donors (Lipinski definition) is 2. The van der Waals surface area contributed by atoms with Crippen molar-refractivity contribution in [2.24, 2.45) is 0 Å². The van der Waals surface area contributed by atoms with E-state index in [1.54, 1.807) is 6.92 Å². The molecule has 0 spiro atoms. The molecule has 0 radical (unpaired) electrons. The molecular weight excluding hydrogens is 258 g/mol. The number of nitrogens with zero attached hydrogens (tertiary/aromatic N) is 2. The van der Waals surface area contributed by atoms with Gasteiger partial charge in [-0.1, -0.05) is 25.7 Å². The minimum absolute atomic E-state index is 0.0513. The molecule has 1 aliphatic carbocycles. The molecule has 20 heavy (non-hydrogen) atoms. The number of aromatic nitrogens is 1. The van der Waals surface area contributed by atoms with Gasteiger partial charge in [-0.3, -0.25) is 10.1 Å². The molecule has 0 aliphatic heterocycles. The summed E-state index contributed by atoms with van der Waals surface area (Å²) in [6, 6.07) is 1.43. The third-order valence-corrected chi connectivity index (χ3v) is 3.90. The fraction of sp³-hybridized carbons (Fsp3) is 0.643. The zero-order valence-corrected chi connectivity index (χ0v) is 11.8. The van der Waals surface area contributed by atoms with Crippen molar-refractivity contribution in [3.8, 4) is 0 Å². The van der Waals surface area contributed by atoms with Crippen molar-refractivity contribution in [2.75, 3.05) is 11.9 Å². The monoisotopic (exact) mass is 279 g/mol. The third-order valence-electron chi connectivity index (χ3n) is 3.90. The van der Waals surface area contributed by atoms with Gasteiger partial charge in [0, 0.05) is 18.3 Å². The van der Waals surface area contributed by atoms with Crippen molar-refractivity contribution in [3.63, 3.8) is 0 Å². The van der Waals surface area contributed by atoms with Crippen molar-refractivity contribution < 1.29 is 10.0 Å². The van der Waals surface area contributed by atoms with Gasteiger partial charge in [0.2, 0.25) is 0 Å². The number of nitro groups is 1. The molecule has 1 heterocycles. The Morgan fingerprint density at radius 2 is 2.05 bits per heavy atom. The fourth-order valence-electron chi connectivity index (χ4n) is 2.63. The predicted octanol–water partition coefficient (Wildman–Crippen LogP) is 2.80. The lowest BCUT2D eigenvalue weighted by molar-refractivity contribution is -0.385. The molecule has 0 atom stereocenters. The average molecular weight is 279 g/mol. The van der Waals surface area contributed by atoms with Crippen molar-refractivity contribution in [1.29, 1.82) is 0 Å². The molecule has 1 aliphatic rings. The van der Waals surface area contributed by atoms with Crippen LogP contribution in [0.1, 0.15) is 44.1 Å². The highest BCUT2D eigenvalue weighted by Gasteiger charge is 2.28. The van der Waals surface area contributed by atoms with Crippen LogP contribution in [0.3, 0.4) is 0 Å². The first-order chi connectivity index (χ1) is 9.50. The second-order valence-corrected chi connectivity index (χ2v) is 5.61. The predicted molar refractivity (Wildman–Crippen MR) is 76.8 cm³/mol. The zero-order chi connectivity index (χ0) is 14.6. The first-order valence-electron chi connectivity index (χ1n) is 7.07. The van der Waals surface area contributed by atoms with Gasteiger partial charge in [-0.2, -0.15) is 0 Å². The standard InChI is InChI=1S/C14H21N3O3/c1-11-9-15-13(8-12(11)17(19)20)16-10-14(18)6-4-2-3-5-7-14/h8-9,18H,2-7,10H2,1H3,(H,15,16). The summed E-state index contributed by atoms with van der Waals surface area (Å²) in [4.78, 5) is 14.6. The Balaban J connectivity index is 2.03. The van der Waals surface area contributed by atoms with Crippen LogP contribution >= 0.6 is 0 Å². The summed E-state index contributed by atoms with van der Waals surface area (Å²) in [6.07, 6.45) is 7.41. The summed E-state index contributed by atoms with van der Waals surface area (Å²) < 4.78 is 0. The molecule has 2 N–H and O–H groups in total. The topological polar surface area (TPSA) is 88.3 Å². The molecule has 1 fully saturated rings. The summed E-state index contributed by atoms with van der Waals surface area (Å²) in [5, 5.41) is 24.5. The summed E-state index contributed by atoms with van der Waals surface area (Å²) in [7, 11) is 0. The van der Waals surface area contributed by atoms with Crippen LogP contribution in [-0.2, 0) is 0 Å². The zero-order valence-electron chi connectivity index (χ0n) is 11.8. The first kappa shape index (κ1) is 14.7. The lowest BCUT2D eigenvalue weighted by Gasteiger charge is -2.27. The highest BCUT2D eigenvalue weighted by Crippen LogP contribution is 2.27. The molecule has 1 saturated carbocycles. The largest absolute Gasteiger partial charge is 0.388 e. The van der Waals surface area contributed by atoms with Gasteiger partial charge in [0.25, 0.3) is 5.69 Å². The molecule has 0 unspecified atom stereocenters. The fourth-order valence-corrected chi connectivity index (χ4v) is 2.63. The van der Waals surface area contributed by atoms with Crippen LogP contribution in [-0.4, -0.2) is 27.2 Å². The molecule has 1 aromatic rings. The lowest BCUT2D eigenvalue weighted by Crippen LogP contribution is -2.36. The summed E-state index contributed by atoms with van der Waals surface area (Å²) in [5.41, 5.74) is -0.137. The van der Waals surface area contributed by atoms with Gasteiger partial charge < -0.3 is 10.4 Å². The maximum absolute atomic E-state index is 10.9. The summed E-state index contributed by atoms with van der Waals surface area (Å²) in [5.74, 6) is 0.444. The molecule has 6 nitrogen and oxygen atoms in total. The van der Waals surface area contributed by atoms with E-state index in [4.69, 9.17) is 0 Å². The smallest absolute Gasteiger partial charge is 0.277 e. The van der Waals surface area contributed by atoms with E-state index in [1.165, 1.54) is 12.3 Å². The molecule has 0 bridgehead atoms. The number of nitrogens with one attached hydrogen (secondary N) is 1. The van der Waals surface area contributed by atoms with E-state index in [0.29, 0.717) is 17.9 Å². The summed E-state index contributed by atoms with van der Waals surface area (Å²) >= 11 is 0. The van der Waals surface area contributed by atoms with Crippen LogP contribution in [0.5, 0.6) is 0 Å². The van der Waals surface area contributed by atoms with Gasteiger partial charge in [-0.05, 0) is 19.8 Å².